The Bertz CT molecular complexity index is 1440. The van der Waals surface area contributed by atoms with Crippen molar-refractivity contribution >= 4 is 17.9 Å². The van der Waals surface area contributed by atoms with E-state index in [0.29, 0.717) is 6.54 Å². The Morgan fingerprint density at radius 3 is 1.98 bits per heavy atom. The number of hydrogen-bond acceptors (Lipinski definition) is 8. The van der Waals surface area contributed by atoms with Crippen LogP contribution in [0.25, 0.3) is 0 Å². The van der Waals surface area contributed by atoms with E-state index in [-0.39, 0.29) is 0 Å². The van der Waals surface area contributed by atoms with Crippen LogP contribution in [0.2, 0.25) is 0 Å². The van der Waals surface area contributed by atoms with Crippen molar-refractivity contribution in [1.29, 1.82) is 0 Å². The van der Waals surface area contributed by atoms with Crippen LogP contribution in [-0.4, -0.2) is 83.9 Å². The van der Waals surface area contributed by atoms with Gasteiger partial charge in [0.2, 0.25) is 0 Å². The highest BCUT2D eigenvalue weighted by Gasteiger charge is 2.40. The minimum atomic E-state index is -2.74. The van der Waals surface area contributed by atoms with Gasteiger partial charge >= 0.3 is 17.9 Å². The summed E-state index contributed by atoms with van der Waals surface area (Å²) in [6.45, 7) is 9.51. The number of piperidine rings is 1. The maximum atomic E-state index is 11.2. The number of carboxylic acids is 3. The molecule has 238 valence electrons. The van der Waals surface area contributed by atoms with Gasteiger partial charge in [0.15, 0.2) is 5.60 Å². The van der Waals surface area contributed by atoms with E-state index in [0.717, 1.165) is 60.7 Å². The summed E-state index contributed by atoms with van der Waals surface area (Å²) in [6, 6.07) is 16.8. The zero-order chi connectivity index (χ0) is 32.7. The summed E-state index contributed by atoms with van der Waals surface area (Å²) in [5.41, 5.74) is 3.38. The van der Waals surface area contributed by atoms with Gasteiger partial charge in [-0.05, 0) is 62.9 Å². The highest BCUT2D eigenvalue weighted by atomic mass is 16.5. The second kappa shape index (κ2) is 14.5. The molecular weight excluding hydrogens is 570 g/mol. The van der Waals surface area contributed by atoms with E-state index in [1.54, 1.807) is 7.11 Å². The lowest BCUT2D eigenvalue weighted by Gasteiger charge is -2.38. The average Bonchev–Trinajstić information content (AvgIpc) is 3.26. The SMILES string of the molecule is COc1ccc(CN2CCC(O)(c3ccc(C)cc3)CC2)cc1Cn1nc(C)cc1C.O=C(O)CC(O)(CC(=O)O)C(=O)O. The number of methoxy groups -OCH3 is 1. The van der Waals surface area contributed by atoms with Crippen molar-refractivity contribution in [3.8, 4) is 5.75 Å². The number of rotatable bonds is 11. The lowest BCUT2D eigenvalue weighted by atomic mass is 9.84. The van der Waals surface area contributed by atoms with Crippen LogP contribution in [0.4, 0.5) is 0 Å². The predicted molar refractivity (Wildman–Crippen MR) is 160 cm³/mol. The Morgan fingerprint density at radius 1 is 0.909 bits per heavy atom. The Labute approximate surface area is 256 Å². The van der Waals surface area contributed by atoms with Crippen LogP contribution in [0.1, 0.15) is 59.3 Å². The molecule has 1 aliphatic heterocycles. The molecule has 0 spiro atoms. The summed E-state index contributed by atoms with van der Waals surface area (Å²) in [4.78, 5) is 32.9. The molecule has 1 fully saturated rings. The number of hydrogen-bond donors (Lipinski definition) is 5. The third-order valence-corrected chi connectivity index (χ3v) is 7.73. The molecule has 1 saturated heterocycles. The number of carboxylic acid groups (broad SMARTS) is 3. The normalized spacial score (nSPS) is 14.8. The number of aliphatic carboxylic acids is 3. The zero-order valence-corrected chi connectivity index (χ0v) is 25.5. The summed E-state index contributed by atoms with van der Waals surface area (Å²) >= 11 is 0. The molecule has 0 saturated carbocycles. The second-order valence-corrected chi connectivity index (χ2v) is 11.4. The van der Waals surface area contributed by atoms with Gasteiger partial charge in [-0.15, -0.1) is 0 Å². The van der Waals surface area contributed by atoms with Crippen LogP contribution < -0.4 is 4.74 Å². The fourth-order valence-electron chi connectivity index (χ4n) is 5.26. The number of nitrogens with zero attached hydrogens (tertiary/aromatic N) is 3. The van der Waals surface area contributed by atoms with Gasteiger partial charge in [0.05, 0.1) is 37.8 Å². The third-order valence-electron chi connectivity index (χ3n) is 7.73. The number of aromatic nitrogens is 2. The zero-order valence-electron chi connectivity index (χ0n) is 25.5. The Hall–Kier alpha value is -4.26. The number of ether oxygens (including phenoxy) is 1. The molecule has 3 aromatic rings. The van der Waals surface area contributed by atoms with E-state index in [1.165, 1.54) is 11.1 Å². The van der Waals surface area contributed by atoms with Gasteiger partial charge in [0.1, 0.15) is 5.75 Å². The van der Waals surface area contributed by atoms with Crippen molar-refractivity contribution in [1.82, 2.24) is 14.7 Å². The summed E-state index contributed by atoms with van der Waals surface area (Å²) in [5, 5.41) is 49.6. The molecule has 12 heteroatoms. The monoisotopic (exact) mass is 611 g/mol. The van der Waals surface area contributed by atoms with Gasteiger partial charge in [-0.25, -0.2) is 4.79 Å². The lowest BCUT2D eigenvalue weighted by molar-refractivity contribution is -0.170. The van der Waals surface area contributed by atoms with Gasteiger partial charge in [0, 0.05) is 30.9 Å². The topological polar surface area (TPSA) is 183 Å². The third kappa shape index (κ3) is 9.12. The van der Waals surface area contributed by atoms with Crippen molar-refractivity contribution < 1.29 is 44.7 Å². The van der Waals surface area contributed by atoms with E-state index in [4.69, 9.17) is 25.2 Å². The molecule has 0 bridgehead atoms. The van der Waals surface area contributed by atoms with Crippen molar-refractivity contribution in [2.75, 3.05) is 20.2 Å². The number of aryl methyl sites for hydroxylation is 3. The van der Waals surface area contributed by atoms with Crippen molar-refractivity contribution in [3.63, 3.8) is 0 Å². The first-order chi connectivity index (χ1) is 20.6. The van der Waals surface area contributed by atoms with E-state index in [1.807, 2.05) is 11.6 Å². The van der Waals surface area contributed by atoms with E-state index < -0.39 is 42.0 Å². The minimum absolute atomic E-state index is 0.698. The quantitative estimate of drug-likeness (QED) is 0.215. The molecule has 0 atom stereocenters. The Morgan fingerprint density at radius 2 is 1.50 bits per heavy atom. The first-order valence-corrected chi connectivity index (χ1v) is 14.2. The van der Waals surface area contributed by atoms with E-state index in [9.17, 15) is 19.5 Å². The summed E-state index contributed by atoms with van der Waals surface area (Å²) in [5.74, 6) is -4.13. The molecule has 0 amide bonds. The maximum Gasteiger partial charge on any atom is 0.336 e. The van der Waals surface area contributed by atoms with Crippen LogP contribution in [0.3, 0.4) is 0 Å². The lowest BCUT2D eigenvalue weighted by Crippen LogP contribution is -2.42. The molecule has 0 aliphatic carbocycles. The van der Waals surface area contributed by atoms with Gasteiger partial charge in [-0.3, -0.25) is 19.2 Å². The molecule has 4 rings (SSSR count). The van der Waals surface area contributed by atoms with Gasteiger partial charge in [0.25, 0.3) is 0 Å². The van der Waals surface area contributed by atoms with Crippen LogP contribution in [0.15, 0.2) is 48.5 Å². The van der Waals surface area contributed by atoms with E-state index >= 15 is 0 Å². The molecule has 0 radical (unpaired) electrons. The van der Waals surface area contributed by atoms with Gasteiger partial charge in [-0.1, -0.05) is 35.9 Å². The molecule has 1 aromatic heterocycles. The smallest absolute Gasteiger partial charge is 0.336 e. The van der Waals surface area contributed by atoms with Crippen molar-refractivity contribution in [2.24, 2.45) is 0 Å². The molecule has 5 N–H and O–H groups in total. The van der Waals surface area contributed by atoms with Crippen LogP contribution in [-0.2, 0) is 33.1 Å². The van der Waals surface area contributed by atoms with Gasteiger partial charge < -0.3 is 30.3 Å². The standard InChI is InChI=1S/C26H33N3O2.C6H8O7/c1-19-5-8-24(9-6-19)26(30)11-13-28(14-12-26)17-22-7-10-25(31-4)23(16-22)18-29-21(3)15-20(2)27-29;7-3(8)1-6(13,5(11)12)2-4(9)10/h5-10,15-16,30H,11-14,17-18H2,1-4H3;13H,1-2H2,(H,7,8)(H,9,10)(H,11,12). The van der Waals surface area contributed by atoms with Crippen molar-refractivity contribution in [3.05, 3.63) is 82.2 Å². The molecule has 44 heavy (non-hydrogen) atoms. The fourth-order valence-corrected chi connectivity index (χ4v) is 5.26. The number of benzene rings is 2. The Balaban J connectivity index is 0.000000345. The fraction of sp³-hybridized carbons (Fsp3) is 0.438. The molecule has 0 unspecified atom stereocenters. The summed E-state index contributed by atoms with van der Waals surface area (Å²) in [6.07, 6.45) is -0.779. The van der Waals surface area contributed by atoms with Crippen molar-refractivity contribution in [2.45, 2.75) is 70.7 Å². The van der Waals surface area contributed by atoms with E-state index in [2.05, 4.69) is 72.4 Å². The highest BCUT2D eigenvalue weighted by molar-refractivity contribution is 5.88. The molecule has 2 heterocycles. The molecule has 1 aliphatic rings. The van der Waals surface area contributed by atoms with Crippen LogP contribution in [0.5, 0.6) is 5.75 Å². The molecule has 2 aromatic carbocycles. The first kappa shape index (κ1) is 34.2. The molecular formula is C32H41N3O9. The molecule has 12 nitrogen and oxygen atoms in total. The average molecular weight is 612 g/mol. The second-order valence-electron chi connectivity index (χ2n) is 11.4. The minimum Gasteiger partial charge on any atom is -0.496 e. The predicted octanol–water partition coefficient (Wildman–Crippen LogP) is 3.10. The first-order valence-electron chi connectivity index (χ1n) is 14.2. The Kier molecular flexibility index (Phi) is 11.3. The van der Waals surface area contributed by atoms with Gasteiger partial charge in [-0.2, -0.15) is 5.10 Å². The number of likely N-dealkylation sites (tertiary alicyclic amines) is 1. The largest absolute Gasteiger partial charge is 0.496 e. The van der Waals surface area contributed by atoms with Crippen LogP contribution >= 0.6 is 0 Å². The summed E-state index contributed by atoms with van der Waals surface area (Å²) in [7, 11) is 1.72. The maximum absolute atomic E-state index is 11.2. The highest BCUT2D eigenvalue weighted by Crippen LogP contribution is 2.33. The number of aliphatic hydroxyl groups is 2. The number of carbonyl (C=O) groups is 3. The summed E-state index contributed by atoms with van der Waals surface area (Å²) < 4.78 is 7.63. The van der Waals surface area contributed by atoms with Crippen LogP contribution in [0, 0.1) is 20.8 Å².